The summed E-state index contributed by atoms with van der Waals surface area (Å²) in [5, 5.41) is 31.5. The molecule has 1 fully saturated rings. The zero-order valence-electron chi connectivity index (χ0n) is 20.6. The number of phosphoric ester groups is 1. The number of hydrogen-bond donors (Lipinski definition) is 8. The van der Waals surface area contributed by atoms with E-state index in [0.717, 1.165) is 13.3 Å². The number of carbonyl (C=O) groups is 1. The molecule has 1 saturated heterocycles. The van der Waals surface area contributed by atoms with Gasteiger partial charge in [-0.25, -0.2) is 28.5 Å². The van der Waals surface area contributed by atoms with Gasteiger partial charge in [0.05, 0.1) is 17.6 Å². The highest BCUT2D eigenvalue weighted by molar-refractivity contribution is 7.66. The van der Waals surface area contributed by atoms with E-state index in [4.69, 9.17) is 20.3 Å². The molecule has 3 heterocycles. The van der Waals surface area contributed by atoms with E-state index in [-0.39, 0.29) is 22.4 Å². The summed E-state index contributed by atoms with van der Waals surface area (Å²) in [5.74, 6) is -1.20. The van der Waals surface area contributed by atoms with Crippen LogP contribution in [-0.2, 0) is 31.6 Å². The van der Waals surface area contributed by atoms with Crippen molar-refractivity contribution < 1.29 is 71.3 Å². The third kappa shape index (κ3) is 6.74. The number of aromatic nitrogens is 3. The van der Waals surface area contributed by atoms with Crippen LogP contribution in [0.3, 0.4) is 0 Å². The molecule has 0 aliphatic carbocycles. The molecular weight excluding hydrogens is 617 g/mol. The summed E-state index contributed by atoms with van der Waals surface area (Å²) >= 11 is 0. The van der Waals surface area contributed by atoms with Gasteiger partial charge in [0.1, 0.15) is 35.6 Å². The minimum Gasteiger partial charge on any atom is -0.478 e. The van der Waals surface area contributed by atoms with Crippen LogP contribution >= 0.6 is 23.5 Å². The fraction of sp³-hybridized carbons (Fsp3) is 0.316. The maximum absolute atomic E-state index is 12.1. The first-order valence-corrected chi connectivity index (χ1v) is 15.6. The molecule has 2 unspecified atom stereocenters. The van der Waals surface area contributed by atoms with E-state index in [0.29, 0.717) is 11.1 Å². The topological polar surface area (TPSA) is 304 Å². The Morgan fingerprint density at radius 1 is 1.15 bits per heavy atom. The van der Waals surface area contributed by atoms with Crippen LogP contribution in [0.4, 0.5) is 5.82 Å². The molecule has 0 amide bonds. The molecule has 6 atom stereocenters. The molecule has 1 aromatic carbocycles. The van der Waals surface area contributed by atoms with Crippen LogP contribution in [0, 0.1) is 0 Å². The third-order valence-electron chi connectivity index (χ3n) is 5.88. The Morgan fingerprint density at radius 2 is 1.83 bits per heavy atom. The van der Waals surface area contributed by atoms with Crippen LogP contribution in [0.15, 0.2) is 36.8 Å². The van der Waals surface area contributed by atoms with E-state index in [1.54, 1.807) is 6.07 Å². The van der Waals surface area contributed by atoms with Crippen LogP contribution in [0.5, 0.6) is 0 Å². The normalized spacial score (nSPS) is 26.1. The second-order valence-corrected chi connectivity index (χ2v) is 13.3. The van der Waals surface area contributed by atoms with Gasteiger partial charge in [-0.3, -0.25) is 4.52 Å². The summed E-state index contributed by atoms with van der Waals surface area (Å²) in [7, 11) is -16.9. The number of aliphatic hydroxyl groups is 2. The number of aliphatic hydroxyl groups excluding tert-OH is 1. The molecule has 1 aliphatic heterocycles. The second kappa shape index (κ2) is 10.9. The summed E-state index contributed by atoms with van der Waals surface area (Å²) in [6, 6.07) is 5.81. The Hall–Kier alpha value is -2.60. The molecule has 3 aromatic rings. The highest BCUT2D eigenvalue weighted by atomic mass is 31.3. The summed E-state index contributed by atoms with van der Waals surface area (Å²) < 4.78 is 53.2. The van der Waals surface area contributed by atoms with Crippen molar-refractivity contribution in [2.45, 2.75) is 31.0 Å². The molecule has 4 rings (SSSR count). The number of fused-ring (bicyclic) bond motifs is 1. The van der Waals surface area contributed by atoms with Crippen molar-refractivity contribution in [3.8, 4) is 11.1 Å². The van der Waals surface area contributed by atoms with Crippen molar-refractivity contribution >= 4 is 46.3 Å². The van der Waals surface area contributed by atoms with Crippen molar-refractivity contribution in [3.05, 3.63) is 42.4 Å². The number of nitrogens with two attached hydrogens (primary N) is 1. The quantitative estimate of drug-likeness (QED) is 0.142. The maximum atomic E-state index is 12.1. The predicted molar refractivity (Wildman–Crippen MR) is 135 cm³/mol. The molecule has 1 aliphatic rings. The number of aromatic carboxylic acids is 1. The van der Waals surface area contributed by atoms with Crippen LogP contribution in [0.25, 0.3) is 22.2 Å². The fourth-order valence-electron chi connectivity index (χ4n) is 4.17. The Morgan fingerprint density at radius 3 is 2.46 bits per heavy atom. The van der Waals surface area contributed by atoms with Gasteiger partial charge in [-0.15, -0.1) is 0 Å². The number of carboxylic acid groups (broad SMARTS) is 1. The van der Waals surface area contributed by atoms with Gasteiger partial charge in [0.15, 0.2) is 6.23 Å². The number of carboxylic acids is 1. The van der Waals surface area contributed by atoms with Crippen LogP contribution < -0.4 is 5.73 Å². The van der Waals surface area contributed by atoms with Crippen molar-refractivity contribution in [1.82, 2.24) is 14.5 Å². The lowest BCUT2D eigenvalue weighted by molar-refractivity contribution is -0.0946. The Bertz CT molecular complexity index is 1640. The molecule has 0 spiro atoms. The van der Waals surface area contributed by atoms with Gasteiger partial charge in [-0.2, -0.15) is 8.62 Å². The zero-order valence-corrected chi connectivity index (χ0v) is 23.2. The minimum absolute atomic E-state index is 0.00752. The molecule has 19 nitrogen and oxygen atoms in total. The van der Waals surface area contributed by atoms with Gasteiger partial charge >= 0.3 is 29.4 Å². The van der Waals surface area contributed by atoms with Gasteiger partial charge in [0.2, 0.25) is 0 Å². The average molecular weight is 640 g/mol. The van der Waals surface area contributed by atoms with Crippen molar-refractivity contribution in [1.29, 1.82) is 0 Å². The lowest BCUT2D eigenvalue weighted by Crippen LogP contribution is -2.44. The first-order chi connectivity index (χ1) is 18.8. The van der Waals surface area contributed by atoms with E-state index in [2.05, 4.69) is 23.1 Å². The first kappa shape index (κ1) is 31.3. The highest BCUT2D eigenvalue weighted by Crippen LogP contribution is 2.66. The lowest BCUT2D eigenvalue weighted by atomic mass is 9.96. The minimum atomic E-state index is -5.79. The van der Waals surface area contributed by atoms with Crippen molar-refractivity contribution in [2.24, 2.45) is 0 Å². The molecule has 0 bridgehead atoms. The molecule has 9 N–H and O–H groups in total. The van der Waals surface area contributed by atoms with Crippen LogP contribution in [-0.4, -0.2) is 79.8 Å². The average Bonchev–Trinajstić information content (AvgIpc) is 3.31. The molecule has 0 saturated carbocycles. The van der Waals surface area contributed by atoms with E-state index in [9.17, 15) is 43.6 Å². The third-order valence-corrected chi connectivity index (χ3v) is 9.69. The number of ether oxygens (including phenoxy) is 1. The Kier molecular flexibility index (Phi) is 8.34. The summed E-state index contributed by atoms with van der Waals surface area (Å²) in [4.78, 5) is 55.9. The van der Waals surface area contributed by atoms with Gasteiger partial charge in [-0.1, -0.05) is 12.1 Å². The predicted octanol–water partition coefficient (Wildman–Crippen LogP) is 0.731. The van der Waals surface area contributed by atoms with Crippen molar-refractivity contribution in [2.75, 3.05) is 12.3 Å². The Balaban J connectivity index is 1.64. The van der Waals surface area contributed by atoms with Crippen LogP contribution in [0.1, 0.15) is 23.5 Å². The summed E-state index contributed by atoms with van der Waals surface area (Å²) in [5.41, 5.74) is 4.72. The van der Waals surface area contributed by atoms with Gasteiger partial charge in [0, 0.05) is 11.8 Å². The second-order valence-electron chi connectivity index (χ2n) is 8.88. The Labute approximate surface area is 229 Å². The molecule has 0 radical (unpaired) electrons. The largest absolute Gasteiger partial charge is 0.490 e. The number of benzene rings is 1. The molecule has 2 aromatic heterocycles. The summed E-state index contributed by atoms with van der Waals surface area (Å²) in [6.07, 6.45) is -2.36. The molecule has 41 heavy (non-hydrogen) atoms. The SMILES string of the molecule is C[C@@]1(O)[C@H](O)[C@@H](COP(=O)(O)OP(=O)(O)OP(=O)(O)O)O[C@H]1n1cc(-c2cccc(C(=O)O)c2)c2c(N)ncnc21. The van der Waals surface area contributed by atoms with E-state index >= 15 is 0 Å². The van der Waals surface area contributed by atoms with Gasteiger partial charge in [0.25, 0.3) is 0 Å². The first-order valence-electron chi connectivity index (χ1n) is 11.1. The zero-order chi connectivity index (χ0) is 30.5. The highest BCUT2D eigenvalue weighted by Gasteiger charge is 2.54. The number of hydrogen-bond acceptors (Lipinski definition) is 13. The van der Waals surface area contributed by atoms with Crippen molar-refractivity contribution in [3.63, 3.8) is 0 Å². The molecule has 22 heteroatoms. The lowest BCUT2D eigenvalue weighted by Gasteiger charge is -2.27. The number of anilines is 1. The monoisotopic (exact) mass is 640 g/mol. The molecule has 224 valence electrons. The van der Waals surface area contributed by atoms with E-state index < -0.39 is 60.1 Å². The number of nitrogens with zero attached hydrogens (tertiary/aromatic N) is 3. The van der Waals surface area contributed by atoms with E-state index in [1.807, 2.05) is 0 Å². The smallest absolute Gasteiger partial charge is 0.478 e. The fourth-order valence-corrected chi connectivity index (χ4v) is 7.20. The standard InChI is InChI=1S/C19H23N4O15P3/c1-19(27)14(24)12(7-35-40(31,32)38-41(33,34)37-39(28,29)30)36-18(19)23-6-11(13-15(20)21-8-22-16(13)23)9-3-2-4-10(5-9)17(25)26/h2-6,8,12,14,18,24,27H,7H2,1H3,(H,25,26)(H,31,32)(H,33,34)(H2,20,21,22)(H2,28,29,30)/t12-,14-,18-,19-/m1/s1. The summed E-state index contributed by atoms with van der Waals surface area (Å²) in [6.45, 7) is 0.121. The maximum Gasteiger partial charge on any atom is 0.490 e. The van der Waals surface area contributed by atoms with Gasteiger partial charge in [-0.05, 0) is 24.6 Å². The van der Waals surface area contributed by atoms with E-state index in [1.165, 1.54) is 29.0 Å². The number of rotatable bonds is 10. The number of nitrogen functional groups attached to an aromatic ring is 1. The van der Waals surface area contributed by atoms with Gasteiger partial charge < -0.3 is 49.9 Å². The number of phosphoric acid groups is 3. The van der Waals surface area contributed by atoms with Crippen LogP contribution in [0.2, 0.25) is 0 Å². The molecular formula is C19H23N4O15P3.